The van der Waals surface area contributed by atoms with Gasteiger partial charge in [0.05, 0.1) is 24.8 Å². The number of hydrogen-bond acceptors (Lipinski definition) is 4. The summed E-state index contributed by atoms with van der Waals surface area (Å²) in [6.45, 7) is 2.14. The molecule has 1 aromatic heterocycles. The molecule has 1 rings (SSSR count). The highest BCUT2D eigenvalue weighted by Crippen LogP contribution is 2.15. The molecule has 15 heavy (non-hydrogen) atoms. The number of hydrogen-bond donors (Lipinski definition) is 1. The molecule has 0 amide bonds. The van der Waals surface area contributed by atoms with Crippen molar-refractivity contribution in [3.05, 3.63) is 28.5 Å². The minimum absolute atomic E-state index is 0.150. The van der Waals surface area contributed by atoms with E-state index >= 15 is 0 Å². The molecule has 2 N–H and O–H groups in total. The van der Waals surface area contributed by atoms with Crippen molar-refractivity contribution in [1.82, 2.24) is 4.98 Å². The maximum Gasteiger partial charge on any atom is 0.307 e. The minimum Gasteiger partial charge on any atom is -0.466 e. The van der Waals surface area contributed by atoms with Crippen LogP contribution in [-0.4, -0.2) is 17.6 Å². The highest BCUT2D eigenvalue weighted by molar-refractivity contribution is 9.10. The number of carbonyl (C=O) groups is 1. The van der Waals surface area contributed by atoms with Crippen LogP contribution in [0, 0.1) is 0 Å². The number of ether oxygens (including phenoxy) is 1. The van der Waals surface area contributed by atoms with Gasteiger partial charge in [0, 0.05) is 0 Å². The molecule has 82 valence electrons. The SMILES string of the molecule is CCOC(=O)C[C@@H](N)c1cccc(Br)n1. The van der Waals surface area contributed by atoms with Crippen LogP contribution >= 0.6 is 15.9 Å². The summed E-state index contributed by atoms with van der Waals surface area (Å²) in [5, 5.41) is 0. The third-order valence-electron chi connectivity index (χ3n) is 1.81. The number of halogens is 1. The number of pyridine rings is 1. The minimum atomic E-state index is -0.415. The van der Waals surface area contributed by atoms with E-state index in [-0.39, 0.29) is 12.4 Å². The molecule has 0 unspecified atom stereocenters. The predicted molar refractivity (Wildman–Crippen MR) is 60.1 cm³/mol. The third-order valence-corrected chi connectivity index (χ3v) is 2.25. The first kappa shape index (κ1) is 12.1. The van der Waals surface area contributed by atoms with Gasteiger partial charge in [0.2, 0.25) is 0 Å². The molecule has 0 aromatic carbocycles. The maximum atomic E-state index is 11.2. The summed E-state index contributed by atoms with van der Waals surface area (Å²) in [5.41, 5.74) is 6.49. The van der Waals surface area contributed by atoms with E-state index in [9.17, 15) is 4.79 Å². The van der Waals surface area contributed by atoms with Gasteiger partial charge in [0.15, 0.2) is 0 Å². The Bertz CT molecular complexity index is 344. The van der Waals surface area contributed by atoms with Gasteiger partial charge in [-0.15, -0.1) is 0 Å². The monoisotopic (exact) mass is 272 g/mol. The molecule has 0 aliphatic carbocycles. The predicted octanol–water partition coefficient (Wildman–Crippen LogP) is 1.80. The molecule has 0 aliphatic rings. The van der Waals surface area contributed by atoms with Gasteiger partial charge in [-0.3, -0.25) is 4.79 Å². The zero-order chi connectivity index (χ0) is 11.3. The number of esters is 1. The van der Waals surface area contributed by atoms with Crippen molar-refractivity contribution in [2.45, 2.75) is 19.4 Å². The quantitative estimate of drug-likeness (QED) is 0.671. The Hall–Kier alpha value is -0.940. The molecule has 5 heteroatoms. The summed E-state index contributed by atoms with van der Waals surface area (Å²) < 4.78 is 5.51. The zero-order valence-corrected chi connectivity index (χ0v) is 10.0. The Kier molecular flexibility index (Phi) is 4.71. The number of nitrogens with two attached hydrogens (primary N) is 1. The molecule has 1 atom stereocenters. The molecule has 1 heterocycles. The number of rotatable bonds is 4. The fraction of sp³-hybridized carbons (Fsp3) is 0.400. The summed E-state index contributed by atoms with van der Waals surface area (Å²) in [6.07, 6.45) is 0.150. The first-order chi connectivity index (χ1) is 7.13. The Morgan fingerprint density at radius 2 is 2.40 bits per heavy atom. The Balaban J connectivity index is 2.60. The van der Waals surface area contributed by atoms with Crippen molar-refractivity contribution in [3.63, 3.8) is 0 Å². The molecule has 1 aromatic rings. The normalized spacial score (nSPS) is 12.2. The number of aromatic nitrogens is 1. The molecular weight excluding hydrogens is 260 g/mol. The van der Waals surface area contributed by atoms with Gasteiger partial charge in [-0.2, -0.15) is 0 Å². The second-order valence-corrected chi connectivity index (χ2v) is 3.81. The van der Waals surface area contributed by atoms with Crippen LogP contribution in [0.1, 0.15) is 25.1 Å². The molecule has 0 saturated carbocycles. The van der Waals surface area contributed by atoms with E-state index < -0.39 is 6.04 Å². The van der Waals surface area contributed by atoms with Crippen molar-refractivity contribution in [2.24, 2.45) is 5.73 Å². The Morgan fingerprint density at radius 1 is 1.67 bits per heavy atom. The molecule has 4 nitrogen and oxygen atoms in total. The van der Waals surface area contributed by atoms with E-state index in [1.165, 1.54) is 0 Å². The van der Waals surface area contributed by atoms with E-state index in [0.29, 0.717) is 16.9 Å². The first-order valence-electron chi connectivity index (χ1n) is 4.67. The summed E-state index contributed by atoms with van der Waals surface area (Å²) in [6, 6.07) is 5.01. The van der Waals surface area contributed by atoms with E-state index in [4.69, 9.17) is 10.5 Å². The van der Waals surface area contributed by atoms with Crippen molar-refractivity contribution in [1.29, 1.82) is 0 Å². The van der Waals surface area contributed by atoms with Crippen LogP contribution in [0.15, 0.2) is 22.8 Å². The highest BCUT2D eigenvalue weighted by Gasteiger charge is 2.13. The molecule has 0 radical (unpaired) electrons. The lowest BCUT2D eigenvalue weighted by atomic mass is 10.1. The summed E-state index contributed by atoms with van der Waals surface area (Å²) >= 11 is 3.24. The molecular formula is C10H13BrN2O2. The topological polar surface area (TPSA) is 65.2 Å². The molecule has 0 bridgehead atoms. The lowest BCUT2D eigenvalue weighted by Crippen LogP contribution is -2.18. The van der Waals surface area contributed by atoms with E-state index in [2.05, 4.69) is 20.9 Å². The second kappa shape index (κ2) is 5.82. The molecule has 0 spiro atoms. The summed E-state index contributed by atoms with van der Waals surface area (Å²) in [4.78, 5) is 15.3. The third kappa shape index (κ3) is 3.97. The van der Waals surface area contributed by atoms with Gasteiger partial charge in [0.25, 0.3) is 0 Å². The standard InChI is InChI=1S/C10H13BrN2O2/c1-2-15-10(14)6-7(12)8-4-3-5-9(11)13-8/h3-5,7H,2,6,12H2,1H3/t7-/m1/s1. The summed E-state index contributed by atoms with van der Waals surface area (Å²) in [7, 11) is 0. The smallest absolute Gasteiger partial charge is 0.307 e. The van der Waals surface area contributed by atoms with Crippen LogP contribution in [-0.2, 0) is 9.53 Å². The zero-order valence-electron chi connectivity index (χ0n) is 8.44. The average Bonchev–Trinajstić information content (AvgIpc) is 2.18. The van der Waals surface area contributed by atoms with Crippen LogP contribution in [0.5, 0.6) is 0 Å². The van der Waals surface area contributed by atoms with Crippen LogP contribution in [0.4, 0.5) is 0 Å². The van der Waals surface area contributed by atoms with Gasteiger partial charge in [-0.1, -0.05) is 6.07 Å². The average molecular weight is 273 g/mol. The molecule has 0 saturated heterocycles. The van der Waals surface area contributed by atoms with Gasteiger partial charge in [0.1, 0.15) is 4.60 Å². The largest absolute Gasteiger partial charge is 0.466 e. The lowest BCUT2D eigenvalue weighted by Gasteiger charge is -2.10. The number of nitrogens with zero attached hydrogens (tertiary/aromatic N) is 1. The van der Waals surface area contributed by atoms with E-state index in [1.807, 2.05) is 6.07 Å². The van der Waals surface area contributed by atoms with Gasteiger partial charge in [-0.25, -0.2) is 4.98 Å². The van der Waals surface area contributed by atoms with E-state index in [0.717, 1.165) is 0 Å². The van der Waals surface area contributed by atoms with Crippen LogP contribution in [0.2, 0.25) is 0 Å². The van der Waals surface area contributed by atoms with Crippen molar-refractivity contribution in [3.8, 4) is 0 Å². The number of carbonyl (C=O) groups excluding carboxylic acids is 1. The van der Waals surface area contributed by atoms with E-state index in [1.54, 1.807) is 19.1 Å². The first-order valence-corrected chi connectivity index (χ1v) is 5.46. The van der Waals surface area contributed by atoms with Crippen molar-refractivity contribution >= 4 is 21.9 Å². The van der Waals surface area contributed by atoms with Gasteiger partial charge < -0.3 is 10.5 Å². The van der Waals surface area contributed by atoms with Crippen LogP contribution in [0.3, 0.4) is 0 Å². The maximum absolute atomic E-state index is 11.2. The van der Waals surface area contributed by atoms with Crippen LogP contribution in [0.25, 0.3) is 0 Å². The van der Waals surface area contributed by atoms with Gasteiger partial charge >= 0.3 is 5.97 Å². The highest BCUT2D eigenvalue weighted by atomic mass is 79.9. The molecule has 0 aliphatic heterocycles. The van der Waals surface area contributed by atoms with Crippen LogP contribution < -0.4 is 5.73 Å². The lowest BCUT2D eigenvalue weighted by molar-refractivity contribution is -0.143. The van der Waals surface area contributed by atoms with Crippen molar-refractivity contribution in [2.75, 3.05) is 6.61 Å². The second-order valence-electron chi connectivity index (χ2n) is 3.00. The summed E-state index contributed by atoms with van der Waals surface area (Å²) in [5.74, 6) is -0.299. The van der Waals surface area contributed by atoms with Gasteiger partial charge in [-0.05, 0) is 35.0 Å². The van der Waals surface area contributed by atoms with Crippen molar-refractivity contribution < 1.29 is 9.53 Å². The Labute approximate surface area is 97.0 Å². The fourth-order valence-electron chi connectivity index (χ4n) is 1.13. The molecule has 0 fully saturated rings. The Morgan fingerprint density at radius 3 is 3.00 bits per heavy atom. The fourth-order valence-corrected chi connectivity index (χ4v) is 1.49.